The summed E-state index contributed by atoms with van der Waals surface area (Å²) in [4.78, 5) is 12.8. The molecule has 2 N–H and O–H groups in total. The van der Waals surface area contributed by atoms with E-state index in [-0.39, 0.29) is 0 Å². The smallest absolute Gasteiger partial charge is 0.191 e. The Balaban J connectivity index is 1.96. The average Bonchev–Trinajstić information content (AvgIpc) is 2.92. The Bertz CT molecular complexity index is 499. The van der Waals surface area contributed by atoms with E-state index in [2.05, 4.69) is 25.6 Å². The highest BCUT2D eigenvalue weighted by atomic mass is 32.2. The van der Waals surface area contributed by atoms with Gasteiger partial charge in [-0.1, -0.05) is 11.8 Å². The van der Waals surface area contributed by atoms with Gasteiger partial charge in [-0.25, -0.2) is 15.0 Å². The predicted molar refractivity (Wildman–Crippen MR) is 78.7 cm³/mol. The summed E-state index contributed by atoms with van der Waals surface area (Å²) in [7, 11) is 0. The molecule has 2 heterocycles. The Morgan fingerprint density at radius 2 is 2.05 bits per heavy atom. The molecule has 0 fully saturated rings. The zero-order valence-electron chi connectivity index (χ0n) is 11.1. The molecule has 2 rings (SSSR count). The summed E-state index contributed by atoms with van der Waals surface area (Å²) >= 11 is 1.54. The summed E-state index contributed by atoms with van der Waals surface area (Å²) in [5, 5.41) is 7.28. The third-order valence-electron chi connectivity index (χ3n) is 2.48. The molecule has 19 heavy (non-hydrogen) atoms. The first-order valence-electron chi connectivity index (χ1n) is 6.18. The number of aromatic nitrogens is 4. The van der Waals surface area contributed by atoms with Gasteiger partial charge < -0.3 is 15.2 Å². The van der Waals surface area contributed by atoms with Crippen LogP contribution in [-0.4, -0.2) is 38.9 Å². The van der Waals surface area contributed by atoms with Crippen LogP contribution in [0.3, 0.4) is 0 Å². The summed E-state index contributed by atoms with van der Waals surface area (Å²) in [5.41, 5.74) is 0. The van der Waals surface area contributed by atoms with Crippen molar-refractivity contribution in [1.82, 2.24) is 19.5 Å². The van der Waals surface area contributed by atoms with Crippen molar-refractivity contribution in [3.8, 4) is 0 Å². The van der Waals surface area contributed by atoms with E-state index in [4.69, 9.17) is 0 Å². The van der Waals surface area contributed by atoms with Gasteiger partial charge in [0.15, 0.2) is 5.16 Å². The number of nitrogens with one attached hydrogen (secondary N) is 2. The molecule has 0 unspecified atom stereocenters. The van der Waals surface area contributed by atoms with Crippen molar-refractivity contribution in [2.45, 2.75) is 18.6 Å². The zero-order chi connectivity index (χ0) is 13.5. The first-order chi connectivity index (χ1) is 9.31. The highest BCUT2D eigenvalue weighted by Gasteiger charge is 2.03. The normalized spacial score (nSPS) is 10.4. The van der Waals surface area contributed by atoms with E-state index in [9.17, 15) is 0 Å². The average molecular weight is 278 g/mol. The van der Waals surface area contributed by atoms with Gasteiger partial charge in [0, 0.05) is 38.1 Å². The largest absolute Gasteiger partial charge is 0.370 e. The fourth-order valence-corrected chi connectivity index (χ4v) is 1.99. The molecule has 102 valence electrons. The third kappa shape index (κ3) is 4.13. The standard InChI is InChI=1S/C12H18N6S/c1-3-14-10-8-11(17-12(16-10)19-2)15-5-7-18-6-4-13-9-18/h4,6,8-9H,3,5,7H2,1-2H3,(H2,14,15,16,17). The molecule has 0 amide bonds. The lowest BCUT2D eigenvalue weighted by molar-refractivity contribution is 0.724. The van der Waals surface area contributed by atoms with Crippen molar-refractivity contribution >= 4 is 23.4 Å². The molecule has 0 radical (unpaired) electrons. The van der Waals surface area contributed by atoms with Crippen molar-refractivity contribution in [2.75, 3.05) is 30.0 Å². The number of rotatable bonds is 7. The molecule has 0 atom stereocenters. The van der Waals surface area contributed by atoms with Gasteiger partial charge >= 0.3 is 0 Å². The van der Waals surface area contributed by atoms with Gasteiger partial charge in [0.05, 0.1) is 6.33 Å². The Morgan fingerprint density at radius 1 is 1.26 bits per heavy atom. The minimum atomic E-state index is 0.767. The molecule has 2 aromatic heterocycles. The van der Waals surface area contributed by atoms with E-state index in [0.29, 0.717) is 0 Å². The number of hydrogen-bond acceptors (Lipinski definition) is 6. The number of anilines is 2. The molecule has 0 aliphatic heterocycles. The van der Waals surface area contributed by atoms with E-state index >= 15 is 0 Å². The van der Waals surface area contributed by atoms with Crippen LogP contribution in [0.1, 0.15) is 6.92 Å². The second kappa shape index (κ2) is 6.98. The van der Waals surface area contributed by atoms with E-state index in [1.54, 1.807) is 12.5 Å². The molecule has 0 aliphatic rings. The summed E-state index contributed by atoms with van der Waals surface area (Å²) in [6.45, 7) is 4.55. The molecular weight excluding hydrogens is 260 g/mol. The molecule has 0 spiro atoms. The minimum absolute atomic E-state index is 0.767. The van der Waals surface area contributed by atoms with Crippen LogP contribution in [0.15, 0.2) is 29.9 Å². The van der Waals surface area contributed by atoms with Crippen LogP contribution >= 0.6 is 11.8 Å². The Hall–Kier alpha value is -1.76. The topological polar surface area (TPSA) is 67.7 Å². The van der Waals surface area contributed by atoms with Gasteiger partial charge in [-0.3, -0.25) is 0 Å². The van der Waals surface area contributed by atoms with Gasteiger partial charge in [-0.05, 0) is 13.2 Å². The number of thioether (sulfide) groups is 1. The lowest BCUT2D eigenvalue weighted by atomic mass is 10.5. The van der Waals surface area contributed by atoms with Crippen molar-refractivity contribution in [3.63, 3.8) is 0 Å². The van der Waals surface area contributed by atoms with Gasteiger partial charge in [0.1, 0.15) is 11.6 Å². The third-order valence-corrected chi connectivity index (χ3v) is 3.03. The highest BCUT2D eigenvalue weighted by Crippen LogP contribution is 2.16. The fraction of sp³-hybridized carbons (Fsp3) is 0.417. The van der Waals surface area contributed by atoms with Gasteiger partial charge in [-0.15, -0.1) is 0 Å². The minimum Gasteiger partial charge on any atom is -0.370 e. The molecule has 6 nitrogen and oxygen atoms in total. The van der Waals surface area contributed by atoms with E-state index in [1.807, 2.05) is 30.0 Å². The van der Waals surface area contributed by atoms with Crippen molar-refractivity contribution in [1.29, 1.82) is 0 Å². The molecule has 2 aromatic rings. The van der Waals surface area contributed by atoms with E-state index < -0.39 is 0 Å². The van der Waals surface area contributed by atoms with Gasteiger partial charge in [0.25, 0.3) is 0 Å². The Morgan fingerprint density at radius 3 is 2.68 bits per heavy atom. The first-order valence-corrected chi connectivity index (χ1v) is 7.41. The molecule has 0 aliphatic carbocycles. The molecule has 0 saturated heterocycles. The Kier molecular flexibility index (Phi) is 5.02. The fourth-order valence-electron chi connectivity index (χ4n) is 1.61. The molecule has 0 bridgehead atoms. The van der Waals surface area contributed by atoms with Crippen LogP contribution in [0.5, 0.6) is 0 Å². The maximum Gasteiger partial charge on any atom is 0.191 e. The van der Waals surface area contributed by atoms with Crippen molar-refractivity contribution < 1.29 is 0 Å². The van der Waals surface area contributed by atoms with Crippen LogP contribution in [0.25, 0.3) is 0 Å². The van der Waals surface area contributed by atoms with Crippen LogP contribution in [-0.2, 0) is 6.54 Å². The van der Waals surface area contributed by atoms with Crippen LogP contribution in [0.4, 0.5) is 11.6 Å². The van der Waals surface area contributed by atoms with Crippen molar-refractivity contribution in [3.05, 3.63) is 24.8 Å². The van der Waals surface area contributed by atoms with Crippen LogP contribution < -0.4 is 10.6 Å². The number of hydrogen-bond donors (Lipinski definition) is 2. The lowest BCUT2D eigenvalue weighted by Gasteiger charge is -2.10. The Labute approximate surface area is 117 Å². The summed E-state index contributed by atoms with van der Waals surface area (Å²) in [5.74, 6) is 1.70. The number of imidazole rings is 1. The van der Waals surface area contributed by atoms with Crippen molar-refractivity contribution in [2.24, 2.45) is 0 Å². The molecular formula is C12H18N6S. The maximum atomic E-state index is 4.43. The summed E-state index contributed by atoms with van der Waals surface area (Å²) < 4.78 is 2.02. The highest BCUT2D eigenvalue weighted by molar-refractivity contribution is 7.98. The van der Waals surface area contributed by atoms with Gasteiger partial charge in [-0.2, -0.15) is 0 Å². The summed E-state index contributed by atoms with van der Waals surface area (Å²) in [6.07, 6.45) is 7.50. The van der Waals surface area contributed by atoms with E-state index in [1.165, 1.54) is 11.8 Å². The lowest BCUT2D eigenvalue weighted by Crippen LogP contribution is -2.11. The summed E-state index contributed by atoms with van der Waals surface area (Å²) in [6, 6.07) is 1.93. The monoisotopic (exact) mass is 278 g/mol. The van der Waals surface area contributed by atoms with Crippen LogP contribution in [0.2, 0.25) is 0 Å². The second-order valence-electron chi connectivity index (χ2n) is 3.88. The molecule has 0 saturated carbocycles. The molecule has 0 aromatic carbocycles. The molecule has 7 heteroatoms. The maximum absolute atomic E-state index is 4.43. The number of nitrogens with zero attached hydrogens (tertiary/aromatic N) is 4. The SMILES string of the molecule is CCNc1cc(NCCn2ccnc2)nc(SC)n1. The zero-order valence-corrected chi connectivity index (χ0v) is 11.9. The first kappa shape index (κ1) is 13.7. The van der Waals surface area contributed by atoms with E-state index in [0.717, 1.165) is 36.4 Å². The van der Waals surface area contributed by atoms with Gasteiger partial charge in [0.2, 0.25) is 0 Å². The van der Waals surface area contributed by atoms with Crippen LogP contribution in [0, 0.1) is 0 Å². The second-order valence-corrected chi connectivity index (χ2v) is 4.66. The quantitative estimate of drug-likeness (QED) is 0.596. The predicted octanol–water partition coefficient (Wildman–Crippen LogP) is 1.94.